The van der Waals surface area contributed by atoms with Crippen LogP contribution in [0.15, 0.2) is 22.8 Å². The molecule has 1 aliphatic heterocycles. The second-order valence-corrected chi connectivity index (χ2v) is 4.08. The van der Waals surface area contributed by atoms with Gasteiger partial charge in [-0.25, -0.2) is 0 Å². The Labute approximate surface area is 96.6 Å². The number of nitrogens with zero attached hydrogens (tertiary/aromatic N) is 1. The van der Waals surface area contributed by atoms with Crippen LogP contribution >= 0.6 is 0 Å². The van der Waals surface area contributed by atoms with E-state index in [2.05, 4.69) is 17.1 Å². The van der Waals surface area contributed by atoms with Crippen molar-refractivity contribution in [2.24, 2.45) is 0 Å². The third-order valence-electron chi connectivity index (χ3n) is 3.16. The molecule has 1 saturated heterocycles. The summed E-state index contributed by atoms with van der Waals surface area (Å²) < 4.78 is 11.3. The smallest absolute Gasteiger partial charge is 0.123 e. The quantitative estimate of drug-likeness (QED) is 0.835. The second-order valence-electron chi connectivity index (χ2n) is 4.08. The van der Waals surface area contributed by atoms with Crippen LogP contribution in [0, 0.1) is 0 Å². The molecule has 4 nitrogen and oxygen atoms in total. The molecule has 0 spiro atoms. The topological polar surface area (TPSA) is 37.6 Å². The molecule has 4 heteroatoms. The minimum atomic E-state index is 0.143. The molecule has 2 heterocycles. The van der Waals surface area contributed by atoms with Gasteiger partial charge in [0.25, 0.3) is 0 Å². The van der Waals surface area contributed by atoms with Crippen LogP contribution in [0.2, 0.25) is 0 Å². The first-order valence-corrected chi connectivity index (χ1v) is 5.89. The molecule has 1 fully saturated rings. The largest absolute Gasteiger partial charge is 0.468 e. The summed E-state index contributed by atoms with van der Waals surface area (Å²) >= 11 is 0. The summed E-state index contributed by atoms with van der Waals surface area (Å²) in [6, 6.07) is 4.06. The number of hydrogen-bond donors (Lipinski definition) is 1. The van der Waals surface area contributed by atoms with Gasteiger partial charge < -0.3 is 14.5 Å². The molecule has 1 N–H and O–H groups in total. The maximum absolute atomic E-state index is 5.82. The molecule has 2 atom stereocenters. The van der Waals surface area contributed by atoms with Gasteiger partial charge in [0, 0.05) is 13.1 Å². The van der Waals surface area contributed by atoms with Crippen molar-refractivity contribution >= 4 is 0 Å². The maximum atomic E-state index is 5.82. The third kappa shape index (κ3) is 2.45. The first kappa shape index (κ1) is 11.6. The van der Waals surface area contributed by atoms with Crippen LogP contribution in [-0.2, 0) is 4.74 Å². The third-order valence-corrected chi connectivity index (χ3v) is 3.16. The summed E-state index contributed by atoms with van der Waals surface area (Å²) in [5, 5.41) is 3.27. The van der Waals surface area contributed by atoms with Gasteiger partial charge in [-0.2, -0.15) is 0 Å². The van der Waals surface area contributed by atoms with Crippen molar-refractivity contribution < 1.29 is 9.15 Å². The molecule has 1 aromatic heterocycles. The average Bonchev–Trinajstić information content (AvgIpc) is 2.84. The predicted octanol–water partition coefficient (Wildman–Crippen LogP) is 1.26. The summed E-state index contributed by atoms with van der Waals surface area (Å²) in [6.07, 6.45) is 1.88. The van der Waals surface area contributed by atoms with Crippen LogP contribution in [0.25, 0.3) is 0 Å². The van der Waals surface area contributed by atoms with Crippen molar-refractivity contribution in [3.63, 3.8) is 0 Å². The zero-order valence-electron chi connectivity index (χ0n) is 9.98. The van der Waals surface area contributed by atoms with Crippen LogP contribution in [-0.4, -0.2) is 44.3 Å². The molecule has 2 rings (SSSR count). The molecule has 16 heavy (non-hydrogen) atoms. The molecule has 0 aliphatic carbocycles. The standard InChI is InChI=1S/C12H20N2O2/c1-3-14-6-8-16-11(9-14)12(13-2)10-5-4-7-15-10/h4-5,7,11-13H,3,6,8-9H2,1-2H3. The summed E-state index contributed by atoms with van der Waals surface area (Å²) in [5.74, 6) is 0.949. The van der Waals surface area contributed by atoms with Gasteiger partial charge in [-0.05, 0) is 25.7 Å². The molecule has 90 valence electrons. The van der Waals surface area contributed by atoms with E-state index in [0.717, 1.165) is 32.0 Å². The van der Waals surface area contributed by atoms with Gasteiger partial charge in [0.2, 0.25) is 0 Å². The van der Waals surface area contributed by atoms with E-state index in [4.69, 9.17) is 9.15 Å². The van der Waals surface area contributed by atoms with Crippen molar-refractivity contribution in [3.8, 4) is 0 Å². The molecule has 2 unspecified atom stereocenters. The minimum Gasteiger partial charge on any atom is -0.468 e. The Morgan fingerprint density at radius 1 is 1.62 bits per heavy atom. The van der Waals surface area contributed by atoms with Gasteiger partial charge >= 0.3 is 0 Å². The maximum Gasteiger partial charge on any atom is 0.123 e. The van der Waals surface area contributed by atoms with E-state index in [0.29, 0.717) is 0 Å². The van der Waals surface area contributed by atoms with E-state index in [1.54, 1.807) is 6.26 Å². The number of rotatable bonds is 4. The highest BCUT2D eigenvalue weighted by atomic mass is 16.5. The lowest BCUT2D eigenvalue weighted by Crippen LogP contribution is -2.47. The van der Waals surface area contributed by atoms with Gasteiger partial charge in [0.05, 0.1) is 25.0 Å². The highest BCUT2D eigenvalue weighted by Gasteiger charge is 2.29. The van der Waals surface area contributed by atoms with Gasteiger partial charge in [0.1, 0.15) is 5.76 Å². The van der Waals surface area contributed by atoms with E-state index < -0.39 is 0 Å². The Bertz CT molecular complexity index is 300. The number of furan rings is 1. The van der Waals surface area contributed by atoms with Gasteiger partial charge in [0.15, 0.2) is 0 Å². The normalized spacial score (nSPS) is 24.5. The molecule has 1 aliphatic rings. The van der Waals surface area contributed by atoms with Crippen molar-refractivity contribution in [1.82, 2.24) is 10.2 Å². The van der Waals surface area contributed by atoms with E-state index in [-0.39, 0.29) is 12.1 Å². The van der Waals surface area contributed by atoms with Crippen molar-refractivity contribution in [2.75, 3.05) is 33.3 Å². The van der Waals surface area contributed by atoms with E-state index >= 15 is 0 Å². The van der Waals surface area contributed by atoms with Crippen molar-refractivity contribution in [2.45, 2.75) is 19.1 Å². The summed E-state index contributed by atoms with van der Waals surface area (Å²) in [5.41, 5.74) is 0. The Kier molecular flexibility index (Phi) is 3.98. The fourth-order valence-electron chi connectivity index (χ4n) is 2.20. The zero-order chi connectivity index (χ0) is 11.4. The molecule has 0 saturated carbocycles. The van der Waals surface area contributed by atoms with E-state index in [1.165, 1.54) is 0 Å². The fraction of sp³-hybridized carbons (Fsp3) is 0.667. The number of morpholine rings is 1. The highest BCUT2D eigenvalue weighted by molar-refractivity contribution is 5.07. The van der Waals surface area contributed by atoms with Crippen molar-refractivity contribution in [3.05, 3.63) is 24.2 Å². The number of ether oxygens (including phenoxy) is 1. The van der Waals surface area contributed by atoms with Crippen LogP contribution in [0.1, 0.15) is 18.7 Å². The van der Waals surface area contributed by atoms with E-state index in [1.807, 2.05) is 19.2 Å². The van der Waals surface area contributed by atoms with E-state index in [9.17, 15) is 0 Å². The lowest BCUT2D eigenvalue weighted by molar-refractivity contribution is -0.0476. The van der Waals surface area contributed by atoms with Crippen LogP contribution in [0.3, 0.4) is 0 Å². The number of likely N-dealkylation sites (N-methyl/N-ethyl adjacent to an activating group) is 2. The first-order chi connectivity index (χ1) is 7.85. The Hall–Kier alpha value is -0.840. The van der Waals surface area contributed by atoms with Gasteiger partial charge in [-0.3, -0.25) is 4.90 Å². The molecule has 1 aromatic rings. The summed E-state index contributed by atoms with van der Waals surface area (Å²) in [4.78, 5) is 2.40. The van der Waals surface area contributed by atoms with Crippen LogP contribution < -0.4 is 5.32 Å². The van der Waals surface area contributed by atoms with Crippen LogP contribution in [0.4, 0.5) is 0 Å². The predicted molar refractivity (Wildman–Crippen MR) is 62.4 cm³/mol. The molecular formula is C12H20N2O2. The second kappa shape index (κ2) is 5.48. The SMILES string of the molecule is CCN1CCOC(C(NC)c2ccco2)C1. The first-order valence-electron chi connectivity index (χ1n) is 5.89. The lowest BCUT2D eigenvalue weighted by atomic mass is 10.1. The van der Waals surface area contributed by atoms with Crippen LogP contribution in [0.5, 0.6) is 0 Å². The summed E-state index contributed by atoms with van der Waals surface area (Å²) in [6.45, 7) is 6.06. The molecular weight excluding hydrogens is 204 g/mol. The minimum absolute atomic E-state index is 0.143. The fourth-order valence-corrected chi connectivity index (χ4v) is 2.20. The number of hydrogen-bond acceptors (Lipinski definition) is 4. The Morgan fingerprint density at radius 2 is 2.50 bits per heavy atom. The number of nitrogens with one attached hydrogen (secondary N) is 1. The molecule has 0 aromatic carbocycles. The molecule has 0 bridgehead atoms. The molecule has 0 radical (unpaired) electrons. The van der Waals surface area contributed by atoms with Gasteiger partial charge in [-0.15, -0.1) is 0 Å². The monoisotopic (exact) mass is 224 g/mol. The average molecular weight is 224 g/mol. The Morgan fingerprint density at radius 3 is 3.12 bits per heavy atom. The highest BCUT2D eigenvalue weighted by Crippen LogP contribution is 2.22. The zero-order valence-corrected chi connectivity index (χ0v) is 9.98. The van der Waals surface area contributed by atoms with Gasteiger partial charge in [-0.1, -0.05) is 6.92 Å². The Balaban J connectivity index is 2.03. The lowest BCUT2D eigenvalue weighted by Gasteiger charge is -2.35. The summed E-state index contributed by atoms with van der Waals surface area (Å²) in [7, 11) is 1.95. The molecule has 0 amide bonds. The van der Waals surface area contributed by atoms with Crippen molar-refractivity contribution in [1.29, 1.82) is 0 Å².